The zero-order valence-corrected chi connectivity index (χ0v) is 16.0. The van der Waals surface area contributed by atoms with Crippen molar-refractivity contribution in [2.75, 3.05) is 13.1 Å². The van der Waals surface area contributed by atoms with Gasteiger partial charge in [-0.15, -0.1) is 0 Å². The van der Waals surface area contributed by atoms with Gasteiger partial charge in [-0.3, -0.25) is 10.1 Å². The molecule has 0 aliphatic rings. The number of sulfonamides is 1. The second kappa shape index (κ2) is 8.79. The summed E-state index contributed by atoms with van der Waals surface area (Å²) < 4.78 is 27.1. The van der Waals surface area contributed by atoms with Gasteiger partial charge in [-0.05, 0) is 48.9 Å². The second-order valence-electron chi connectivity index (χ2n) is 5.51. The number of non-ortho nitro benzene ring substituents is 1. The van der Waals surface area contributed by atoms with Gasteiger partial charge in [0, 0.05) is 35.3 Å². The third kappa shape index (κ3) is 5.15. The summed E-state index contributed by atoms with van der Waals surface area (Å²) in [5.74, 6) is 0. The number of nitro groups is 1. The van der Waals surface area contributed by atoms with E-state index in [1.807, 2.05) is 0 Å². The van der Waals surface area contributed by atoms with Crippen molar-refractivity contribution < 1.29 is 13.3 Å². The summed E-state index contributed by atoms with van der Waals surface area (Å²) in [7, 11) is -3.87. The molecular weight excluding hydrogens is 401 g/mol. The van der Waals surface area contributed by atoms with Crippen LogP contribution in [-0.2, 0) is 16.6 Å². The van der Waals surface area contributed by atoms with Crippen LogP contribution in [0.15, 0.2) is 47.4 Å². The molecule has 0 saturated heterocycles. The fraction of sp³-hybridized carbons (Fsp3) is 0.250. The Labute approximate surface area is 161 Å². The number of benzene rings is 2. The van der Waals surface area contributed by atoms with Gasteiger partial charge in [0.05, 0.1) is 9.82 Å². The third-order valence-corrected chi connectivity index (χ3v) is 5.87. The minimum Gasteiger partial charge on any atom is -0.330 e. The van der Waals surface area contributed by atoms with E-state index in [1.165, 1.54) is 16.4 Å². The normalized spacial score (nSPS) is 11.7. The van der Waals surface area contributed by atoms with Crippen LogP contribution >= 0.6 is 23.2 Å². The van der Waals surface area contributed by atoms with E-state index in [1.54, 1.807) is 18.2 Å². The van der Waals surface area contributed by atoms with E-state index in [2.05, 4.69) is 0 Å². The Balaban J connectivity index is 2.35. The van der Waals surface area contributed by atoms with E-state index < -0.39 is 14.9 Å². The summed E-state index contributed by atoms with van der Waals surface area (Å²) in [5, 5.41) is 11.6. The highest BCUT2D eigenvalue weighted by Crippen LogP contribution is 2.24. The van der Waals surface area contributed by atoms with Crippen molar-refractivity contribution in [2.45, 2.75) is 17.9 Å². The van der Waals surface area contributed by atoms with Gasteiger partial charge in [0.1, 0.15) is 0 Å². The molecule has 2 rings (SSSR count). The van der Waals surface area contributed by atoms with E-state index in [4.69, 9.17) is 28.9 Å². The number of hydrogen-bond acceptors (Lipinski definition) is 5. The maximum atomic E-state index is 12.9. The molecule has 0 atom stereocenters. The highest BCUT2D eigenvalue weighted by Gasteiger charge is 2.25. The molecule has 7 nitrogen and oxygen atoms in total. The zero-order valence-electron chi connectivity index (χ0n) is 13.6. The molecule has 0 unspecified atom stereocenters. The molecule has 0 fully saturated rings. The Bertz CT molecular complexity index is 869. The number of nitrogens with two attached hydrogens (primary N) is 1. The predicted molar refractivity (Wildman–Crippen MR) is 101 cm³/mol. The van der Waals surface area contributed by atoms with E-state index in [-0.39, 0.29) is 23.7 Å². The first-order valence-electron chi connectivity index (χ1n) is 7.63. The highest BCUT2D eigenvalue weighted by atomic mass is 35.5. The lowest BCUT2D eigenvalue weighted by Gasteiger charge is -2.22. The number of halogens is 2. The van der Waals surface area contributed by atoms with E-state index in [0.717, 1.165) is 12.1 Å². The summed E-state index contributed by atoms with van der Waals surface area (Å²) in [6.45, 7) is 0.572. The van der Waals surface area contributed by atoms with Gasteiger partial charge in [-0.1, -0.05) is 23.2 Å². The molecule has 0 bridgehead atoms. The zero-order chi connectivity index (χ0) is 19.3. The van der Waals surface area contributed by atoms with Crippen molar-refractivity contribution in [3.05, 3.63) is 68.2 Å². The van der Waals surface area contributed by atoms with Crippen molar-refractivity contribution in [2.24, 2.45) is 5.73 Å². The maximum Gasteiger partial charge on any atom is 0.269 e. The van der Waals surface area contributed by atoms with Gasteiger partial charge in [-0.2, -0.15) is 4.31 Å². The summed E-state index contributed by atoms with van der Waals surface area (Å²) in [6.07, 6.45) is 0.459. The Morgan fingerprint density at radius 3 is 2.15 bits per heavy atom. The number of nitrogens with zero attached hydrogens (tertiary/aromatic N) is 2. The first kappa shape index (κ1) is 20.6. The molecule has 2 aromatic rings. The van der Waals surface area contributed by atoms with Crippen molar-refractivity contribution in [1.29, 1.82) is 0 Å². The number of hydrogen-bond donors (Lipinski definition) is 1. The standard InChI is InChI=1S/C16H17Cl2N3O4S/c17-13-8-12(9-14(18)10-13)11-20(7-1-6-19)26(24,25)16-4-2-15(3-5-16)21(22)23/h2-5,8-10H,1,6-7,11,19H2. The van der Waals surface area contributed by atoms with Gasteiger partial charge in [-0.25, -0.2) is 8.42 Å². The van der Waals surface area contributed by atoms with Crippen LogP contribution in [0, 0.1) is 10.1 Å². The lowest BCUT2D eigenvalue weighted by molar-refractivity contribution is -0.384. The van der Waals surface area contributed by atoms with Gasteiger partial charge in [0.25, 0.3) is 5.69 Å². The van der Waals surface area contributed by atoms with Crippen LogP contribution in [0.25, 0.3) is 0 Å². The van der Waals surface area contributed by atoms with Crippen LogP contribution in [0.2, 0.25) is 10.0 Å². The largest absolute Gasteiger partial charge is 0.330 e. The summed E-state index contributed by atoms with van der Waals surface area (Å²) in [6, 6.07) is 9.57. The molecular formula is C16H17Cl2N3O4S. The minimum atomic E-state index is -3.87. The summed E-state index contributed by atoms with van der Waals surface area (Å²) >= 11 is 12.0. The molecule has 2 N–H and O–H groups in total. The fourth-order valence-corrected chi connectivity index (χ4v) is 4.38. The first-order valence-corrected chi connectivity index (χ1v) is 9.83. The molecule has 26 heavy (non-hydrogen) atoms. The topological polar surface area (TPSA) is 107 Å². The van der Waals surface area contributed by atoms with Crippen LogP contribution < -0.4 is 5.73 Å². The minimum absolute atomic E-state index is 0.0340. The molecule has 0 aliphatic heterocycles. The van der Waals surface area contributed by atoms with Crippen LogP contribution in [0.4, 0.5) is 5.69 Å². The van der Waals surface area contributed by atoms with E-state index >= 15 is 0 Å². The molecule has 140 valence electrons. The number of rotatable bonds is 8. The average Bonchev–Trinajstić information content (AvgIpc) is 2.57. The third-order valence-electron chi connectivity index (χ3n) is 3.58. The van der Waals surface area contributed by atoms with Gasteiger partial charge in [0.2, 0.25) is 10.0 Å². The Hall–Kier alpha value is -1.71. The van der Waals surface area contributed by atoms with Gasteiger partial charge >= 0.3 is 0 Å². The monoisotopic (exact) mass is 417 g/mol. The lowest BCUT2D eigenvalue weighted by atomic mass is 10.2. The quantitative estimate of drug-likeness (QED) is 0.522. The van der Waals surface area contributed by atoms with Crippen molar-refractivity contribution in [3.63, 3.8) is 0 Å². The molecule has 10 heteroatoms. The molecule has 0 saturated carbocycles. The summed E-state index contributed by atoms with van der Waals surface area (Å²) in [4.78, 5) is 10.1. The molecule has 0 spiro atoms. The van der Waals surface area contributed by atoms with Crippen LogP contribution in [0.5, 0.6) is 0 Å². The molecule has 0 heterocycles. The second-order valence-corrected chi connectivity index (χ2v) is 8.32. The van der Waals surface area contributed by atoms with Crippen molar-refractivity contribution in [3.8, 4) is 0 Å². The molecule has 0 radical (unpaired) electrons. The SMILES string of the molecule is NCCCN(Cc1cc(Cl)cc(Cl)c1)S(=O)(=O)c1ccc([N+](=O)[O-])cc1. The highest BCUT2D eigenvalue weighted by molar-refractivity contribution is 7.89. The molecule has 0 aromatic heterocycles. The predicted octanol–water partition coefficient (Wildman–Crippen LogP) is 3.44. The molecule has 0 amide bonds. The van der Waals surface area contributed by atoms with Crippen LogP contribution in [-0.4, -0.2) is 30.7 Å². The lowest BCUT2D eigenvalue weighted by Crippen LogP contribution is -2.32. The smallest absolute Gasteiger partial charge is 0.269 e. The van der Waals surface area contributed by atoms with Crippen LogP contribution in [0.3, 0.4) is 0 Å². The summed E-state index contributed by atoms with van der Waals surface area (Å²) in [5.41, 5.74) is 5.96. The fourth-order valence-electron chi connectivity index (χ4n) is 2.35. The van der Waals surface area contributed by atoms with Crippen molar-refractivity contribution >= 4 is 38.9 Å². The van der Waals surface area contributed by atoms with Gasteiger partial charge in [0.15, 0.2) is 0 Å². The number of nitro benzene ring substituents is 1. The van der Waals surface area contributed by atoms with Gasteiger partial charge < -0.3 is 5.73 Å². The Morgan fingerprint density at radius 1 is 1.08 bits per heavy atom. The van der Waals surface area contributed by atoms with E-state index in [0.29, 0.717) is 28.6 Å². The molecule has 2 aromatic carbocycles. The molecule has 0 aliphatic carbocycles. The average molecular weight is 418 g/mol. The maximum absolute atomic E-state index is 12.9. The Morgan fingerprint density at radius 2 is 1.65 bits per heavy atom. The van der Waals surface area contributed by atoms with Crippen molar-refractivity contribution in [1.82, 2.24) is 4.31 Å². The Kier molecular flexibility index (Phi) is 6.96. The van der Waals surface area contributed by atoms with Crippen LogP contribution in [0.1, 0.15) is 12.0 Å². The first-order chi connectivity index (χ1) is 12.2. The van der Waals surface area contributed by atoms with E-state index in [9.17, 15) is 18.5 Å².